The lowest BCUT2D eigenvalue weighted by molar-refractivity contribution is 0.822. The minimum atomic E-state index is 0.635. The molecule has 0 atom stereocenters. The van der Waals surface area contributed by atoms with Crippen molar-refractivity contribution in [2.45, 2.75) is 32.6 Å². The fraction of sp³-hybridized carbons (Fsp3) is 0.625. The highest BCUT2D eigenvalue weighted by Crippen LogP contribution is 2.37. The van der Waals surface area contributed by atoms with Crippen molar-refractivity contribution >= 4 is 0 Å². The Morgan fingerprint density at radius 3 is 2.00 bits per heavy atom. The van der Waals surface area contributed by atoms with E-state index in [-0.39, 0.29) is 0 Å². The Hall–Kier alpha value is -0.990. The molecular weight excluding hydrogens is 138 g/mol. The molecule has 1 aliphatic rings. The summed E-state index contributed by atoms with van der Waals surface area (Å²) in [6.45, 7) is 3.83. The Labute approximate surface area is 65.9 Å². The molecule has 0 unspecified atom stereocenters. The van der Waals surface area contributed by atoms with Gasteiger partial charge in [-0.05, 0) is 26.7 Å². The SMILES string of the molecule is Cc1nc(C)nc(C2CC2)n1. The first-order valence-electron chi connectivity index (χ1n) is 3.95. The summed E-state index contributed by atoms with van der Waals surface area (Å²) < 4.78 is 0. The second kappa shape index (κ2) is 2.26. The van der Waals surface area contributed by atoms with Crippen molar-refractivity contribution < 1.29 is 0 Å². The summed E-state index contributed by atoms with van der Waals surface area (Å²) in [4.78, 5) is 12.7. The van der Waals surface area contributed by atoms with Gasteiger partial charge in [-0.2, -0.15) is 0 Å². The molecule has 0 aliphatic heterocycles. The average molecular weight is 149 g/mol. The first-order chi connectivity index (χ1) is 5.25. The van der Waals surface area contributed by atoms with Crippen LogP contribution in [-0.2, 0) is 0 Å². The van der Waals surface area contributed by atoms with Crippen LogP contribution >= 0.6 is 0 Å². The van der Waals surface area contributed by atoms with E-state index < -0.39 is 0 Å². The summed E-state index contributed by atoms with van der Waals surface area (Å²) in [5, 5.41) is 0. The third kappa shape index (κ3) is 1.37. The van der Waals surface area contributed by atoms with Gasteiger partial charge in [-0.1, -0.05) is 0 Å². The Balaban J connectivity index is 2.39. The summed E-state index contributed by atoms with van der Waals surface area (Å²) >= 11 is 0. The van der Waals surface area contributed by atoms with Crippen LogP contribution in [0.5, 0.6) is 0 Å². The molecule has 1 fully saturated rings. The Kier molecular flexibility index (Phi) is 1.37. The first kappa shape index (κ1) is 6.70. The monoisotopic (exact) mass is 149 g/mol. The summed E-state index contributed by atoms with van der Waals surface area (Å²) in [5.41, 5.74) is 0. The smallest absolute Gasteiger partial charge is 0.135 e. The quantitative estimate of drug-likeness (QED) is 0.605. The second-order valence-electron chi connectivity index (χ2n) is 3.06. The fourth-order valence-corrected chi connectivity index (χ4v) is 1.16. The van der Waals surface area contributed by atoms with Crippen molar-refractivity contribution in [3.63, 3.8) is 0 Å². The van der Waals surface area contributed by atoms with E-state index in [0.717, 1.165) is 17.5 Å². The highest BCUT2D eigenvalue weighted by Gasteiger charge is 2.26. The van der Waals surface area contributed by atoms with Crippen LogP contribution < -0.4 is 0 Å². The van der Waals surface area contributed by atoms with Gasteiger partial charge in [-0.15, -0.1) is 0 Å². The van der Waals surface area contributed by atoms with Gasteiger partial charge in [0.05, 0.1) is 0 Å². The predicted molar refractivity (Wildman–Crippen MR) is 41.3 cm³/mol. The molecule has 3 nitrogen and oxygen atoms in total. The van der Waals surface area contributed by atoms with Gasteiger partial charge in [0.25, 0.3) is 0 Å². The molecule has 2 rings (SSSR count). The van der Waals surface area contributed by atoms with Gasteiger partial charge < -0.3 is 0 Å². The van der Waals surface area contributed by atoms with E-state index in [1.165, 1.54) is 12.8 Å². The maximum atomic E-state index is 4.27. The van der Waals surface area contributed by atoms with Crippen LogP contribution in [0.3, 0.4) is 0 Å². The first-order valence-corrected chi connectivity index (χ1v) is 3.95. The van der Waals surface area contributed by atoms with Crippen LogP contribution in [0.15, 0.2) is 0 Å². The van der Waals surface area contributed by atoms with E-state index in [2.05, 4.69) is 15.0 Å². The molecule has 3 heteroatoms. The van der Waals surface area contributed by atoms with Gasteiger partial charge >= 0.3 is 0 Å². The van der Waals surface area contributed by atoms with E-state index in [4.69, 9.17) is 0 Å². The van der Waals surface area contributed by atoms with Crippen molar-refractivity contribution in [3.05, 3.63) is 17.5 Å². The van der Waals surface area contributed by atoms with Crippen LogP contribution in [-0.4, -0.2) is 15.0 Å². The second-order valence-corrected chi connectivity index (χ2v) is 3.06. The molecule has 1 aromatic rings. The zero-order valence-corrected chi connectivity index (χ0v) is 6.83. The molecule has 1 saturated carbocycles. The molecule has 0 bridgehead atoms. The van der Waals surface area contributed by atoms with Crippen LogP contribution in [0, 0.1) is 13.8 Å². The minimum Gasteiger partial charge on any atom is -0.219 e. The number of hydrogen-bond donors (Lipinski definition) is 0. The summed E-state index contributed by atoms with van der Waals surface area (Å²) in [7, 11) is 0. The highest BCUT2D eigenvalue weighted by molar-refractivity contribution is 5.06. The van der Waals surface area contributed by atoms with Crippen LogP contribution in [0.1, 0.15) is 36.2 Å². The lowest BCUT2D eigenvalue weighted by atomic mass is 10.4. The van der Waals surface area contributed by atoms with E-state index in [1.807, 2.05) is 13.8 Å². The van der Waals surface area contributed by atoms with Crippen LogP contribution in [0.25, 0.3) is 0 Å². The number of aromatic nitrogens is 3. The van der Waals surface area contributed by atoms with Gasteiger partial charge in [0.2, 0.25) is 0 Å². The Morgan fingerprint density at radius 1 is 1.00 bits per heavy atom. The summed E-state index contributed by atoms with van der Waals surface area (Å²) in [6.07, 6.45) is 2.51. The third-order valence-electron chi connectivity index (χ3n) is 1.82. The normalized spacial score (nSPS) is 16.9. The zero-order chi connectivity index (χ0) is 7.84. The molecule has 1 heterocycles. The van der Waals surface area contributed by atoms with E-state index >= 15 is 0 Å². The molecule has 0 radical (unpaired) electrons. The zero-order valence-electron chi connectivity index (χ0n) is 6.83. The fourth-order valence-electron chi connectivity index (χ4n) is 1.16. The minimum absolute atomic E-state index is 0.635. The van der Waals surface area contributed by atoms with Crippen molar-refractivity contribution in [1.82, 2.24) is 15.0 Å². The lowest BCUT2D eigenvalue weighted by Gasteiger charge is -1.98. The number of rotatable bonds is 1. The predicted octanol–water partition coefficient (Wildman–Crippen LogP) is 1.37. The van der Waals surface area contributed by atoms with Gasteiger partial charge in [0.15, 0.2) is 0 Å². The maximum Gasteiger partial charge on any atom is 0.135 e. The van der Waals surface area contributed by atoms with Gasteiger partial charge in [0, 0.05) is 5.92 Å². The van der Waals surface area contributed by atoms with Crippen LogP contribution in [0.4, 0.5) is 0 Å². The third-order valence-corrected chi connectivity index (χ3v) is 1.82. The van der Waals surface area contributed by atoms with Crippen molar-refractivity contribution in [3.8, 4) is 0 Å². The molecule has 0 amide bonds. The number of hydrogen-bond acceptors (Lipinski definition) is 3. The van der Waals surface area contributed by atoms with Crippen molar-refractivity contribution in [1.29, 1.82) is 0 Å². The maximum absolute atomic E-state index is 4.27. The number of nitrogens with zero attached hydrogens (tertiary/aromatic N) is 3. The molecular formula is C8H11N3. The standard InChI is InChI=1S/C8H11N3/c1-5-9-6(2)11-8(10-5)7-3-4-7/h7H,3-4H2,1-2H3. The van der Waals surface area contributed by atoms with Crippen molar-refractivity contribution in [2.75, 3.05) is 0 Å². The molecule has 0 aromatic carbocycles. The van der Waals surface area contributed by atoms with E-state index in [1.54, 1.807) is 0 Å². The molecule has 0 saturated heterocycles. The topological polar surface area (TPSA) is 38.7 Å². The largest absolute Gasteiger partial charge is 0.219 e. The summed E-state index contributed by atoms with van der Waals surface area (Å²) in [5.74, 6) is 3.32. The van der Waals surface area contributed by atoms with Gasteiger partial charge in [0.1, 0.15) is 17.5 Å². The molecule has 0 N–H and O–H groups in total. The molecule has 0 spiro atoms. The van der Waals surface area contributed by atoms with E-state index in [0.29, 0.717) is 5.92 Å². The van der Waals surface area contributed by atoms with E-state index in [9.17, 15) is 0 Å². The molecule has 1 aliphatic carbocycles. The molecule has 1 aromatic heterocycles. The Morgan fingerprint density at radius 2 is 1.55 bits per heavy atom. The summed E-state index contributed by atoms with van der Waals surface area (Å²) in [6, 6.07) is 0. The molecule has 58 valence electrons. The lowest BCUT2D eigenvalue weighted by Crippen LogP contribution is -2.00. The Bertz CT molecular complexity index is 258. The highest BCUT2D eigenvalue weighted by atomic mass is 15.0. The van der Waals surface area contributed by atoms with Gasteiger partial charge in [-0.3, -0.25) is 0 Å². The molecule has 11 heavy (non-hydrogen) atoms. The van der Waals surface area contributed by atoms with Crippen LogP contribution in [0.2, 0.25) is 0 Å². The number of aryl methyl sites for hydroxylation is 2. The van der Waals surface area contributed by atoms with Crippen molar-refractivity contribution in [2.24, 2.45) is 0 Å². The van der Waals surface area contributed by atoms with Gasteiger partial charge in [-0.25, -0.2) is 15.0 Å². The average Bonchev–Trinajstić information content (AvgIpc) is 2.64.